The molecular formula is C20H21BrN2O3. The summed E-state index contributed by atoms with van der Waals surface area (Å²) in [5.74, 6) is 0.497. The fourth-order valence-electron chi connectivity index (χ4n) is 3.08. The molecule has 0 saturated carbocycles. The summed E-state index contributed by atoms with van der Waals surface area (Å²) in [6.07, 6.45) is 1.10. The lowest BCUT2D eigenvalue weighted by Gasteiger charge is -2.33. The number of rotatable bonds is 5. The van der Waals surface area contributed by atoms with Crippen LogP contribution >= 0.6 is 15.9 Å². The molecule has 0 bridgehead atoms. The Morgan fingerprint density at radius 1 is 1.23 bits per heavy atom. The van der Waals surface area contributed by atoms with Gasteiger partial charge in [-0.25, -0.2) is 0 Å². The minimum atomic E-state index is -0.603. The molecule has 5 nitrogen and oxygen atoms in total. The van der Waals surface area contributed by atoms with Gasteiger partial charge in [0.1, 0.15) is 11.8 Å². The number of hydrogen-bond donors (Lipinski definition) is 1. The molecule has 2 aromatic rings. The third kappa shape index (κ3) is 3.90. The molecule has 1 heterocycles. The van der Waals surface area contributed by atoms with Gasteiger partial charge in [0.25, 0.3) is 0 Å². The number of amides is 2. The lowest BCUT2D eigenvalue weighted by atomic mass is 9.99. The average molecular weight is 417 g/mol. The maximum absolute atomic E-state index is 12.7. The van der Waals surface area contributed by atoms with Crippen LogP contribution in [0.15, 0.2) is 46.9 Å². The molecule has 1 aliphatic heterocycles. The summed E-state index contributed by atoms with van der Waals surface area (Å²) in [5.41, 5.74) is 2.55. The maximum Gasteiger partial charge on any atom is 0.247 e. The molecule has 26 heavy (non-hydrogen) atoms. The van der Waals surface area contributed by atoms with Crippen LogP contribution in [0.25, 0.3) is 0 Å². The Morgan fingerprint density at radius 3 is 2.65 bits per heavy atom. The van der Waals surface area contributed by atoms with Gasteiger partial charge >= 0.3 is 0 Å². The van der Waals surface area contributed by atoms with Crippen molar-refractivity contribution in [3.8, 4) is 5.75 Å². The molecule has 136 valence electrons. The predicted octanol–water partition coefficient (Wildman–Crippen LogP) is 4.15. The van der Waals surface area contributed by atoms with Crippen molar-refractivity contribution in [2.24, 2.45) is 0 Å². The van der Waals surface area contributed by atoms with Crippen molar-refractivity contribution < 1.29 is 14.3 Å². The second kappa shape index (κ2) is 7.91. The first-order valence-corrected chi connectivity index (χ1v) is 9.43. The van der Waals surface area contributed by atoms with Crippen LogP contribution in [0.3, 0.4) is 0 Å². The molecule has 0 aliphatic carbocycles. The zero-order chi connectivity index (χ0) is 18.7. The molecular weight excluding hydrogens is 396 g/mol. The topological polar surface area (TPSA) is 58.6 Å². The van der Waals surface area contributed by atoms with E-state index in [1.54, 1.807) is 24.0 Å². The van der Waals surface area contributed by atoms with Crippen LogP contribution in [0.4, 0.5) is 11.4 Å². The third-order valence-electron chi connectivity index (χ3n) is 4.38. The van der Waals surface area contributed by atoms with Crippen molar-refractivity contribution in [2.45, 2.75) is 32.7 Å². The summed E-state index contributed by atoms with van der Waals surface area (Å²) in [4.78, 5) is 26.8. The number of anilines is 2. The van der Waals surface area contributed by atoms with Gasteiger partial charge < -0.3 is 10.1 Å². The van der Waals surface area contributed by atoms with Gasteiger partial charge in [0.05, 0.1) is 6.61 Å². The van der Waals surface area contributed by atoms with Gasteiger partial charge in [-0.05, 0) is 68.3 Å². The van der Waals surface area contributed by atoms with Crippen molar-refractivity contribution in [3.05, 3.63) is 52.5 Å². The van der Waals surface area contributed by atoms with Crippen LogP contribution in [0, 0.1) is 0 Å². The molecule has 0 aromatic heterocycles. The van der Waals surface area contributed by atoms with Crippen molar-refractivity contribution in [2.75, 3.05) is 16.8 Å². The quantitative estimate of drug-likeness (QED) is 0.795. The summed E-state index contributed by atoms with van der Waals surface area (Å²) < 4.78 is 6.37. The molecule has 1 atom stereocenters. The average Bonchev–Trinajstić information content (AvgIpc) is 2.63. The first-order valence-electron chi connectivity index (χ1n) is 8.64. The molecule has 1 unspecified atom stereocenters. The maximum atomic E-state index is 12.7. The number of carbonyl (C=O) groups excluding carboxylic acids is 2. The zero-order valence-electron chi connectivity index (χ0n) is 14.8. The Morgan fingerprint density at radius 2 is 1.96 bits per heavy atom. The number of carbonyl (C=O) groups is 2. The molecule has 0 saturated heterocycles. The number of nitrogens with zero attached hydrogens (tertiary/aromatic N) is 1. The van der Waals surface area contributed by atoms with Crippen LogP contribution in [-0.4, -0.2) is 24.5 Å². The number of benzene rings is 2. The van der Waals surface area contributed by atoms with Crippen molar-refractivity contribution in [3.63, 3.8) is 0 Å². The summed E-state index contributed by atoms with van der Waals surface area (Å²) in [5, 5.41) is 2.87. The summed E-state index contributed by atoms with van der Waals surface area (Å²) in [6, 6.07) is 12.4. The lowest BCUT2D eigenvalue weighted by molar-refractivity contribution is -0.123. The van der Waals surface area contributed by atoms with Crippen LogP contribution < -0.4 is 15.0 Å². The number of fused-ring (bicyclic) bond motifs is 1. The van der Waals surface area contributed by atoms with Gasteiger partial charge in [0.2, 0.25) is 11.8 Å². The summed E-state index contributed by atoms with van der Waals surface area (Å²) >= 11 is 3.46. The minimum Gasteiger partial charge on any atom is -0.494 e. The van der Waals surface area contributed by atoms with E-state index in [1.165, 1.54) is 0 Å². The number of aryl methyl sites for hydroxylation is 1. The molecule has 0 radical (unpaired) electrons. The highest BCUT2D eigenvalue weighted by molar-refractivity contribution is 9.10. The van der Waals surface area contributed by atoms with Crippen molar-refractivity contribution in [1.29, 1.82) is 0 Å². The van der Waals surface area contributed by atoms with E-state index in [0.717, 1.165) is 21.5 Å². The van der Waals surface area contributed by atoms with Crippen molar-refractivity contribution in [1.82, 2.24) is 0 Å². The second-order valence-electron chi connectivity index (χ2n) is 6.16. The molecule has 2 amide bonds. The van der Waals surface area contributed by atoms with Crippen LogP contribution in [-0.2, 0) is 16.0 Å². The molecule has 2 aromatic carbocycles. The summed E-state index contributed by atoms with van der Waals surface area (Å²) in [7, 11) is 0. The van der Waals surface area contributed by atoms with Crippen molar-refractivity contribution >= 4 is 39.1 Å². The molecule has 1 aliphatic rings. The normalized spacial score (nSPS) is 14.6. The fraction of sp³-hybridized carbons (Fsp3) is 0.300. The smallest absolute Gasteiger partial charge is 0.247 e. The van der Waals surface area contributed by atoms with Gasteiger partial charge in [0, 0.05) is 22.3 Å². The molecule has 0 spiro atoms. The number of ether oxygens (including phenoxy) is 1. The SMILES string of the molecule is CCOc1ccc(NC(=O)C(C)N2C(=O)CCc3cc(Br)ccc32)cc1. The second-order valence-corrected chi connectivity index (χ2v) is 7.08. The highest BCUT2D eigenvalue weighted by Gasteiger charge is 2.31. The third-order valence-corrected chi connectivity index (χ3v) is 4.87. The van der Waals surface area contributed by atoms with E-state index >= 15 is 0 Å². The van der Waals surface area contributed by atoms with E-state index in [4.69, 9.17) is 4.74 Å². The Labute approximate surface area is 161 Å². The van der Waals surface area contributed by atoms with E-state index in [2.05, 4.69) is 21.2 Å². The number of nitrogens with one attached hydrogen (secondary N) is 1. The Kier molecular flexibility index (Phi) is 5.61. The van der Waals surface area contributed by atoms with Gasteiger partial charge in [-0.15, -0.1) is 0 Å². The van der Waals surface area contributed by atoms with Crippen LogP contribution in [0.1, 0.15) is 25.8 Å². The van der Waals surface area contributed by atoms with Gasteiger partial charge in [-0.3, -0.25) is 14.5 Å². The van der Waals surface area contributed by atoms with Gasteiger partial charge in [-0.2, -0.15) is 0 Å². The highest BCUT2D eigenvalue weighted by atomic mass is 79.9. The lowest BCUT2D eigenvalue weighted by Crippen LogP contribution is -2.47. The fourth-order valence-corrected chi connectivity index (χ4v) is 3.48. The van der Waals surface area contributed by atoms with E-state index in [-0.39, 0.29) is 11.8 Å². The van der Waals surface area contributed by atoms with E-state index < -0.39 is 6.04 Å². The van der Waals surface area contributed by atoms with E-state index in [0.29, 0.717) is 25.1 Å². The van der Waals surface area contributed by atoms with Gasteiger partial charge in [-0.1, -0.05) is 15.9 Å². The molecule has 1 N–H and O–H groups in total. The van der Waals surface area contributed by atoms with Crippen LogP contribution in [0.2, 0.25) is 0 Å². The number of halogens is 1. The standard InChI is InChI=1S/C20H21BrN2O3/c1-3-26-17-8-6-16(7-9-17)22-20(25)13(2)23-18-10-5-15(21)12-14(18)4-11-19(23)24/h5-10,12-13H,3-4,11H2,1-2H3,(H,22,25). The Bertz CT molecular complexity index is 820. The number of hydrogen-bond acceptors (Lipinski definition) is 3. The first kappa shape index (κ1) is 18.5. The predicted molar refractivity (Wildman–Crippen MR) is 106 cm³/mol. The monoisotopic (exact) mass is 416 g/mol. The van der Waals surface area contributed by atoms with E-state index in [9.17, 15) is 9.59 Å². The highest BCUT2D eigenvalue weighted by Crippen LogP contribution is 2.32. The van der Waals surface area contributed by atoms with E-state index in [1.807, 2.05) is 37.3 Å². The Balaban J connectivity index is 1.77. The molecule has 6 heteroatoms. The zero-order valence-corrected chi connectivity index (χ0v) is 16.4. The molecule has 0 fully saturated rings. The minimum absolute atomic E-state index is 0.0332. The first-order chi connectivity index (χ1) is 12.5. The Hall–Kier alpha value is -2.34. The van der Waals surface area contributed by atoms with Crippen LogP contribution in [0.5, 0.6) is 5.75 Å². The largest absolute Gasteiger partial charge is 0.494 e. The summed E-state index contributed by atoms with van der Waals surface area (Å²) in [6.45, 7) is 4.26. The van der Waals surface area contributed by atoms with Gasteiger partial charge in [0.15, 0.2) is 0 Å². The molecule has 3 rings (SSSR count).